The summed E-state index contributed by atoms with van der Waals surface area (Å²) in [7, 11) is 0. The van der Waals surface area contributed by atoms with Gasteiger partial charge in [-0.3, -0.25) is 4.90 Å². The van der Waals surface area contributed by atoms with Crippen molar-refractivity contribution in [2.45, 2.75) is 20.0 Å². The summed E-state index contributed by atoms with van der Waals surface area (Å²) in [5.74, 6) is 0. The summed E-state index contributed by atoms with van der Waals surface area (Å²) in [6, 6.07) is 0. The molecule has 0 aromatic carbocycles. The Balaban J connectivity index is 2.46. The normalized spacial score (nSPS) is 14.8. The number of rotatable bonds is 1. The Bertz CT molecular complexity index is 208. The second kappa shape index (κ2) is 3.80. The zero-order valence-electron chi connectivity index (χ0n) is 7.06. The van der Waals surface area contributed by atoms with Crippen LogP contribution in [0.1, 0.15) is 13.8 Å². The number of ether oxygens (including phenoxy) is 2. The van der Waals surface area contributed by atoms with Gasteiger partial charge in [-0.05, 0) is 13.8 Å². The van der Waals surface area contributed by atoms with Crippen LogP contribution in [-0.2, 0) is 9.47 Å². The van der Waals surface area contributed by atoms with E-state index in [4.69, 9.17) is 9.47 Å². The van der Waals surface area contributed by atoms with Gasteiger partial charge in [-0.15, -0.1) is 0 Å². The Hall–Kier alpha value is -1.45. The lowest BCUT2D eigenvalue weighted by molar-refractivity contribution is 0.0964. The molecule has 0 fully saturated rings. The molecule has 1 heterocycles. The van der Waals surface area contributed by atoms with Crippen LogP contribution in [0.4, 0.5) is 4.79 Å². The van der Waals surface area contributed by atoms with E-state index in [1.165, 1.54) is 29.8 Å². The first-order valence-electron chi connectivity index (χ1n) is 3.68. The van der Waals surface area contributed by atoms with E-state index < -0.39 is 6.09 Å². The molecule has 4 nitrogen and oxygen atoms in total. The minimum absolute atomic E-state index is 0.109. The van der Waals surface area contributed by atoms with E-state index in [0.29, 0.717) is 0 Å². The molecule has 0 aromatic rings. The van der Waals surface area contributed by atoms with Crippen molar-refractivity contribution in [1.29, 1.82) is 0 Å². The SMILES string of the molecule is CC(C)OC(=O)N1C=COC=C1. The van der Waals surface area contributed by atoms with Crippen LogP contribution < -0.4 is 0 Å². The van der Waals surface area contributed by atoms with Crippen LogP contribution in [0.3, 0.4) is 0 Å². The fourth-order valence-corrected chi connectivity index (χ4v) is 0.681. The van der Waals surface area contributed by atoms with Crippen LogP contribution in [-0.4, -0.2) is 17.1 Å². The van der Waals surface area contributed by atoms with E-state index in [1.54, 1.807) is 13.8 Å². The number of amides is 1. The average molecular weight is 169 g/mol. The predicted molar refractivity (Wildman–Crippen MR) is 42.8 cm³/mol. The lowest BCUT2D eigenvalue weighted by atomic mass is 10.5. The third-order valence-corrected chi connectivity index (χ3v) is 1.15. The quantitative estimate of drug-likeness (QED) is 0.600. The van der Waals surface area contributed by atoms with Crippen molar-refractivity contribution in [3.8, 4) is 0 Å². The van der Waals surface area contributed by atoms with Crippen LogP contribution in [0.2, 0.25) is 0 Å². The van der Waals surface area contributed by atoms with Gasteiger partial charge in [-0.25, -0.2) is 4.79 Å². The molecule has 0 saturated heterocycles. The number of carbonyl (C=O) groups excluding carboxylic acids is 1. The standard InChI is InChI=1S/C8H11NO3/c1-7(2)12-8(10)9-3-5-11-6-4-9/h3-7H,1-2H3. The van der Waals surface area contributed by atoms with Crippen molar-refractivity contribution in [3.63, 3.8) is 0 Å². The smallest absolute Gasteiger partial charge is 0.418 e. The van der Waals surface area contributed by atoms with Crippen LogP contribution in [0.25, 0.3) is 0 Å². The maximum Gasteiger partial charge on any atom is 0.418 e. The van der Waals surface area contributed by atoms with Gasteiger partial charge >= 0.3 is 6.09 Å². The van der Waals surface area contributed by atoms with Gasteiger partial charge in [0.05, 0.1) is 18.5 Å². The molecule has 1 aliphatic heterocycles. The molecule has 1 amide bonds. The fraction of sp³-hybridized carbons (Fsp3) is 0.375. The first-order chi connectivity index (χ1) is 5.70. The van der Waals surface area contributed by atoms with Crippen molar-refractivity contribution in [2.24, 2.45) is 0 Å². The van der Waals surface area contributed by atoms with E-state index in [0.717, 1.165) is 0 Å². The Morgan fingerprint density at radius 2 is 2.00 bits per heavy atom. The van der Waals surface area contributed by atoms with Gasteiger partial charge in [-0.1, -0.05) is 0 Å². The number of carbonyl (C=O) groups is 1. The van der Waals surface area contributed by atoms with Gasteiger partial charge in [-0.2, -0.15) is 0 Å². The molecular formula is C8H11NO3. The molecule has 0 N–H and O–H groups in total. The van der Waals surface area contributed by atoms with Gasteiger partial charge in [0.15, 0.2) is 0 Å². The van der Waals surface area contributed by atoms with E-state index in [2.05, 4.69) is 0 Å². The van der Waals surface area contributed by atoms with Crippen LogP contribution in [0.15, 0.2) is 24.9 Å². The molecule has 0 spiro atoms. The van der Waals surface area contributed by atoms with Gasteiger partial charge in [0.1, 0.15) is 12.5 Å². The molecule has 4 heteroatoms. The average Bonchev–Trinajstić information content (AvgIpc) is 2.05. The Morgan fingerprint density at radius 1 is 1.42 bits per heavy atom. The first-order valence-corrected chi connectivity index (χ1v) is 3.68. The van der Waals surface area contributed by atoms with Crippen molar-refractivity contribution < 1.29 is 14.3 Å². The first kappa shape index (κ1) is 8.64. The second-order valence-electron chi connectivity index (χ2n) is 2.55. The Labute approximate surface area is 71.1 Å². The van der Waals surface area contributed by atoms with Crippen molar-refractivity contribution in [3.05, 3.63) is 24.9 Å². The summed E-state index contributed by atoms with van der Waals surface area (Å²) in [6.45, 7) is 3.59. The summed E-state index contributed by atoms with van der Waals surface area (Å²) < 4.78 is 9.66. The zero-order valence-corrected chi connectivity index (χ0v) is 7.06. The summed E-state index contributed by atoms with van der Waals surface area (Å²) in [4.78, 5) is 12.5. The highest BCUT2D eigenvalue weighted by molar-refractivity contribution is 5.70. The van der Waals surface area contributed by atoms with Crippen LogP contribution in [0.5, 0.6) is 0 Å². The molecule has 0 atom stereocenters. The van der Waals surface area contributed by atoms with Crippen molar-refractivity contribution in [2.75, 3.05) is 0 Å². The van der Waals surface area contributed by atoms with Gasteiger partial charge in [0.25, 0.3) is 0 Å². The molecule has 66 valence electrons. The lowest BCUT2D eigenvalue weighted by Gasteiger charge is -2.16. The molecule has 0 radical (unpaired) electrons. The molecule has 0 saturated carbocycles. The topological polar surface area (TPSA) is 38.8 Å². The number of hydrogen-bond donors (Lipinski definition) is 0. The predicted octanol–water partition coefficient (Wildman–Crippen LogP) is 1.81. The minimum Gasteiger partial charge on any atom is -0.470 e. The highest BCUT2D eigenvalue weighted by atomic mass is 16.6. The van der Waals surface area contributed by atoms with E-state index in [9.17, 15) is 4.79 Å². The maximum absolute atomic E-state index is 11.2. The molecule has 0 aliphatic carbocycles. The van der Waals surface area contributed by atoms with Crippen molar-refractivity contribution >= 4 is 6.09 Å². The summed E-state index contributed by atoms with van der Waals surface area (Å²) in [6.07, 6.45) is 5.28. The maximum atomic E-state index is 11.2. The number of nitrogens with zero attached hydrogens (tertiary/aromatic N) is 1. The molecule has 12 heavy (non-hydrogen) atoms. The molecule has 0 unspecified atom stereocenters. The Kier molecular flexibility index (Phi) is 2.74. The third kappa shape index (κ3) is 2.30. The van der Waals surface area contributed by atoms with E-state index in [1.807, 2.05) is 0 Å². The lowest BCUT2D eigenvalue weighted by Crippen LogP contribution is -2.25. The molecule has 0 aromatic heterocycles. The summed E-state index contributed by atoms with van der Waals surface area (Å²) >= 11 is 0. The molecular weight excluding hydrogens is 158 g/mol. The van der Waals surface area contributed by atoms with Gasteiger partial charge in [0.2, 0.25) is 0 Å². The highest BCUT2D eigenvalue weighted by Gasteiger charge is 2.12. The zero-order chi connectivity index (χ0) is 8.97. The second-order valence-corrected chi connectivity index (χ2v) is 2.55. The highest BCUT2D eigenvalue weighted by Crippen LogP contribution is 2.04. The molecule has 1 aliphatic rings. The largest absolute Gasteiger partial charge is 0.470 e. The number of hydrogen-bond acceptors (Lipinski definition) is 3. The fourth-order valence-electron chi connectivity index (χ4n) is 0.681. The van der Waals surface area contributed by atoms with E-state index in [-0.39, 0.29) is 6.10 Å². The summed E-state index contributed by atoms with van der Waals surface area (Å²) in [5.41, 5.74) is 0. The summed E-state index contributed by atoms with van der Waals surface area (Å²) in [5, 5.41) is 0. The molecule has 0 bridgehead atoms. The van der Waals surface area contributed by atoms with Crippen LogP contribution >= 0.6 is 0 Å². The van der Waals surface area contributed by atoms with Gasteiger partial charge in [0, 0.05) is 0 Å². The van der Waals surface area contributed by atoms with Crippen LogP contribution in [0, 0.1) is 0 Å². The third-order valence-electron chi connectivity index (χ3n) is 1.15. The molecule has 1 rings (SSSR count). The Morgan fingerprint density at radius 3 is 2.50 bits per heavy atom. The van der Waals surface area contributed by atoms with Gasteiger partial charge < -0.3 is 9.47 Å². The monoisotopic (exact) mass is 169 g/mol. The minimum atomic E-state index is -0.402. The van der Waals surface area contributed by atoms with E-state index >= 15 is 0 Å². The van der Waals surface area contributed by atoms with Crippen molar-refractivity contribution in [1.82, 2.24) is 4.90 Å².